The second kappa shape index (κ2) is 6.93. The molecule has 0 aromatic carbocycles. The summed E-state index contributed by atoms with van der Waals surface area (Å²) < 4.78 is 1.86. The monoisotopic (exact) mass is 280 g/mol. The lowest BCUT2D eigenvalue weighted by Crippen LogP contribution is -2.48. The third-order valence-corrected chi connectivity index (χ3v) is 3.54. The lowest BCUT2D eigenvalue weighted by Gasteiger charge is -2.27. The molecule has 1 aromatic rings. The van der Waals surface area contributed by atoms with Crippen LogP contribution in [0.25, 0.3) is 0 Å². The second-order valence-corrected chi connectivity index (χ2v) is 4.99. The van der Waals surface area contributed by atoms with Gasteiger partial charge in [-0.15, -0.1) is 0 Å². The third-order valence-electron chi connectivity index (χ3n) is 3.54. The number of aromatic nitrogens is 2. The highest BCUT2D eigenvalue weighted by atomic mass is 16.4. The zero-order valence-corrected chi connectivity index (χ0v) is 11.4. The molecular weight excluding hydrogens is 260 g/mol. The van der Waals surface area contributed by atoms with Crippen LogP contribution in [0, 0.1) is 0 Å². The molecule has 1 fully saturated rings. The number of carbonyl (C=O) groups is 2. The van der Waals surface area contributed by atoms with E-state index in [9.17, 15) is 9.59 Å². The average molecular weight is 280 g/mol. The van der Waals surface area contributed by atoms with Crippen LogP contribution in [0.3, 0.4) is 0 Å². The van der Waals surface area contributed by atoms with Crippen LogP contribution in [-0.2, 0) is 11.3 Å². The topological polar surface area (TPSA) is 87.5 Å². The number of urea groups is 1. The molecule has 2 amide bonds. The highest BCUT2D eigenvalue weighted by Crippen LogP contribution is 2.23. The molecule has 1 aliphatic carbocycles. The van der Waals surface area contributed by atoms with Gasteiger partial charge in [0.05, 0.1) is 6.33 Å². The van der Waals surface area contributed by atoms with Crippen molar-refractivity contribution in [2.45, 2.75) is 38.3 Å². The lowest BCUT2D eigenvalue weighted by molar-refractivity contribution is -0.138. The van der Waals surface area contributed by atoms with Crippen LogP contribution in [0.15, 0.2) is 18.7 Å². The van der Waals surface area contributed by atoms with Crippen molar-refractivity contribution >= 4 is 12.0 Å². The highest BCUT2D eigenvalue weighted by molar-refractivity contribution is 5.80. The molecule has 1 heterocycles. The van der Waals surface area contributed by atoms with Crippen LogP contribution in [0.4, 0.5) is 4.79 Å². The molecule has 7 nitrogen and oxygen atoms in total. The predicted molar refractivity (Wildman–Crippen MR) is 72.2 cm³/mol. The molecule has 0 saturated heterocycles. The van der Waals surface area contributed by atoms with Gasteiger partial charge in [0.15, 0.2) is 0 Å². The molecule has 0 unspecified atom stereocenters. The van der Waals surface area contributed by atoms with Gasteiger partial charge in [-0.3, -0.25) is 4.79 Å². The molecule has 110 valence electrons. The average Bonchev–Trinajstić information content (AvgIpc) is 3.08. The van der Waals surface area contributed by atoms with E-state index >= 15 is 0 Å². The zero-order chi connectivity index (χ0) is 14.4. The predicted octanol–water partition coefficient (Wildman–Crippen LogP) is 0.922. The van der Waals surface area contributed by atoms with Crippen molar-refractivity contribution in [1.29, 1.82) is 0 Å². The number of carbonyl (C=O) groups excluding carboxylic acids is 1. The van der Waals surface area contributed by atoms with Crippen molar-refractivity contribution in [2.75, 3.05) is 13.1 Å². The summed E-state index contributed by atoms with van der Waals surface area (Å²) in [5.41, 5.74) is 0. The van der Waals surface area contributed by atoms with Crippen molar-refractivity contribution in [3.63, 3.8) is 0 Å². The molecule has 0 atom stereocenters. The summed E-state index contributed by atoms with van der Waals surface area (Å²) >= 11 is 0. The fourth-order valence-electron chi connectivity index (χ4n) is 2.54. The Kier molecular flexibility index (Phi) is 4.97. The maximum Gasteiger partial charge on any atom is 0.323 e. The van der Waals surface area contributed by atoms with Gasteiger partial charge >= 0.3 is 12.0 Å². The number of aliphatic carboxylic acids is 1. The van der Waals surface area contributed by atoms with Gasteiger partial charge in [0, 0.05) is 31.5 Å². The van der Waals surface area contributed by atoms with Gasteiger partial charge in [0.25, 0.3) is 0 Å². The Bertz CT molecular complexity index is 440. The maximum atomic E-state index is 12.1. The van der Waals surface area contributed by atoms with E-state index < -0.39 is 5.97 Å². The standard InChI is InChI=1S/C13H20N4O3/c18-12(19)9-17(11-3-1-2-4-11)13(20)15-6-8-16-7-5-14-10-16/h5,7,10-11H,1-4,6,8-9H2,(H,15,20)(H,18,19). The van der Waals surface area contributed by atoms with Crippen LogP contribution < -0.4 is 5.32 Å². The summed E-state index contributed by atoms with van der Waals surface area (Å²) in [6.45, 7) is 0.844. The first-order valence-corrected chi connectivity index (χ1v) is 6.89. The molecule has 0 bridgehead atoms. The summed E-state index contributed by atoms with van der Waals surface area (Å²) in [6.07, 6.45) is 9.07. The second-order valence-electron chi connectivity index (χ2n) is 4.99. The molecule has 1 saturated carbocycles. The smallest absolute Gasteiger partial charge is 0.323 e. The minimum absolute atomic E-state index is 0.0549. The van der Waals surface area contributed by atoms with Crippen molar-refractivity contribution in [1.82, 2.24) is 19.8 Å². The largest absolute Gasteiger partial charge is 0.480 e. The number of nitrogens with zero attached hydrogens (tertiary/aromatic N) is 3. The summed E-state index contributed by atoms with van der Waals surface area (Å²) in [5.74, 6) is -0.971. The molecule has 0 aliphatic heterocycles. The number of carboxylic acid groups (broad SMARTS) is 1. The van der Waals surface area contributed by atoms with E-state index in [2.05, 4.69) is 10.3 Å². The van der Waals surface area contributed by atoms with Crippen molar-refractivity contribution < 1.29 is 14.7 Å². The van der Waals surface area contributed by atoms with Gasteiger partial charge < -0.3 is 19.9 Å². The van der Waals surface area contributed by atoms with E-state index in [1.165, 1.54) is 4.90 Å². The Hall–Kier alpha value is -2.05. The number of imidazole rings is 1. The van der Waals surface area contributed by atoms with Crippen molar-refractivity contribution in [2.24, 2.45) is 0 Å². The molecule has 2 N–H and O–H groups in total. The van der Waals surface area contributed by atoms with E-state index in [1.54, 1.807) is 12.5 Å². The molecule has 0 radical (unpaired) electrons. The molecule has 2 rings (SSSR count). The fraction of sp³-hybridized carbons (Fsp3) is 0.615. The highest BCUT2D eigenvalue weighted by Gasteiger charge is 2.28. The van der Waals surface area contributed by atoms with E-state index in [0.717, 1.165) is 25.7 Å². The maximum absolute atomic E-state index is 12.1. The first kappa shape index (κ1) is 14.4. The van der Waals surface area contributed by atoms with Crippen LogP contribution in [0.5, 0.6) is 0 Å². The molecule has 1 aliphatic rings. The van der Waals surface area contributed by atoms with E-state index in [0.29, 0.717) is 13.1 Å². The minimum atomic E-state index is -0.971. The lowest BCUT2D eigenvalue weighted by atomic mass is 10.2. The Morgan fingerprint density at radius 3 is 2.75 bits per heavy atom. The number of hydrogen-bond acceptors (Lipinski definition) is 3. The number of nitrogens with one attached hydrogen (secondary N) is 1. The summed E-state index contributed by atoms with van der Waals surface area (Å²) in [4.78, 5) is 28.4. The molecule has 0 spiro atoms. The van der Waals surface area contributed by atoms with Gasteiger partial charge in [-0.2, -0.15) is 0 Å². The first-order chi connectivity index (χ1) is 9.66. The van der Waals surface area contributed by atoms with Crippen LogP contribution >= 0.6 is 0 Å². The van der Waals surface area contributed by atoms with Gasteiger partial charge in [-0.25, -0.2) is 9.78 Å². The van der Waals surface area contributed by atoms with Gasteiger partial charge in [0.2, 0.25) is 0 Å². The summed E-state index contributed by atoms with van der Waals surface area (Å²) in [6, 6.07) is -0.237. The number of carboxylic acids is 1. The quantitative estimate of drug-likeness (QED) is 0.811. The van der Waals surface area contributed by atoms with E-state index in [4.69, 9.17) is 5.11 Å². The molecule has 20 heavy (non-hydrogen) atoms. The Morgan fingerprint density at radius 2 is 2.15 bits per heavy atom. The molecular formula is C13H20N4O3. The van der Waals surface area contributed by atoms with E-state index in [-0.39, 0.29) is 18.6 Å². The van der Waals surface area contributed by atoms with Crippen LogP contribution in [-0.4, -0.2) is 50.7 Å². The third kappa shape index (κ3) is 3.97. The normalized spacial score (nSPS) is 15.2. The Morgan fingerprint density at radius 1 is 1.40 bits per heavy atom. The number of rotatable bonds is 6. The zero-order valence-electron chi connectivity index (χ0n) is 11.4. The van der Waals surface area contributed by atoms with Crippen molar-refractivity contribution in [3.8, 4) is 0 Å². The SMILES string of the molecule is O=C(O)CN(C(=O)NCCn1ccnc1)C1CCCC1. The van der Waals surface area contributed by atoms with E-state index in [1.807, 2.05) is 10.8 Å². The Labute approximate surface area is 117 Å². The van der Waals surface area contributed by atoms with Gasteiger partial charge in [-0.05, 0) is 12.8 Å². The number of amides is 2. The van der Waals surface area contributed by atoms with Gasteiger partial charge in [0.1, 0.15) is 6.54 Å². The first-order valence-electron chi connectivity index (χ1n) is 6.89. The Balaban J connectivity index is 1.83. The van der Waals surface area contributed by atoms with Crippen LogP contribution in [0.1, 0.15) is 25.7 Å². The van der Waals surface area contributed by atoms with Crippen LogP contribution in [0.2, 0.25) is 0 Å². The molecule has 7 heteroatoms. The summed E-state index contributed by atoms with van der Waals surface area (Å²) in [5, 5.41) is 11.7. The summed E-state index contributed by atoms with van der Waals surface area (Å²) in [7, 11) is 0. The molecule has 1 aromatic heterocycles. The fourth-order valence-corrected chi connectivity index (χ4v) is 2.54. The van der Waals surface area contributed by atoms with Gasteiger partial charge in [-0.1, -0.05) is 12.8 Å². The van der Waals surface area contributed by atoms with Crippen molar-refractivity contribution in [3.05, 3.63) is 18.7 Å². The minimum Gasteiger partial charge on any atom is -0.480 e. The number of hydrogen-bond donors (Lipinski definition) is 2.